The first-order chi connectivity index (χ1) is 12.0. The molecule has 0 aliphatic rings. The number of aryl methyl sites for hydroxylation is 1. The Morgan fingerprint density at radius 2 is 1.68 bits per heavy atom. The molecule has 0 N–H and O–H groups in total. The minimum Gasteiger partial charge on any atom is -0.468 e. The zero-order valence-electron chi connectivity index (χ0n) is 14.3. The molecule has 0 bridgehead atoms. The van der Waals surface area contributed by atoms with Crippen LogP contribution in [0.25, 0.3) is 0 Å². The minimum atomic E-state index is -1.23. The zero-order chi connectivity index (χ0) is 18.4. The molecule has 2 rings (SSSR count). The fourth-order valence-corrected chi connectivity index (χ4v) is 2.73. The van der Waals surface area contributed by atoms with Crippen molar-refractivity contribution in [3.05, 3.63) is 54.1 Å². The second-order valence-electron chi connectivity index (χ2n) is 5.53. The zero-order valence-corrected chi connectivity index (χ0v) is 14.3. The molecule has 132 valence electrons. The Morgan fingerprint density at radius 1 is 1.08 bits per heavy atom. The molecule has 0 amide bonds. The number of ether oxygens (including phenoxy) is 2. The highest BCUT2D eigenvalue weighted by molar-refractivity contribution is 5.98. The van der Waals surface area contributed by atoms with Crippen molar-refractivity contribution in [2.75, 3.05) is 14.2 Å². The first kappa shape index (κ1) is 18.4. The van der Waals surface area contributed by atoms with Crippen LogP contribution in [0.15, 0.2) is 42.7 Å². The molecule has 7 heteroatoms. The Morgan fingerprint density at radius 3 is 2.16 bits per heavy atom. The van der Waals surface area contributed by atoms with Gasteiger partial charge < -0.3 is 14.0 Å². The summed E-state index contributed by atoms with van der Waals surface area (Å²) in [6.45, 7) is 0. The molecular weight excluding hydrogens is 324 g/mol. The van der Waals surface area contributed by atoms with Crippen molar-refractivity contribution in [1.82, 2.24) is 9.55 Å². The third-order valence-corrected chi connectivity index (χ3v) is 4.02. The summed E-state index contributed by atoms with van der Waals surface area (Å²) in [5.41, 5.74) is 0.672. The van der Waals surface area contributed by atoms with Gasteiger partial charge in [-0.15, -0.1) is 0 Å². The lowest BCUT2D eigenvalue weighted by atomic mass is 9.82. The van der Waals surface area contributed by atoms with Crippen LogP contribution in [-0.4, -0.2) is 41.5 Å². The highest BCUT2D eigenvalue weighted by atomic mass is 16.5. The van der Waals surface area contributed by atoms with Gasteiger partial charge in [0.2, 0.25) is 0 Å². The van der Waals surface area contributed by atoms with Crippen LogP contribution in [0.5, 0.6) is 0 Å². The lowest BCUT2D eigenvalue weighted by Crippen LogP contribution is -2.33. The maximum atomic E-state index is 12.6. The Balaban J connectivity index is 2.42. The number of benzene rings is 1. The molecule has 7 nitrogen and oxygen atoms in total. The van der Waals surface area contributed by atoms with Gasteiger partial charge in [-0.25, -0.2) is 4.98 Å². The molecule has 1 atom stereocenters. The number of hydrogen-bond acceptors (Lipinski definition) is 6. The summed E-state index contributed by atoms with van der Waals surface area (Å²) in [7, 11) is 4.09. The number of carbonyl (C=O) groups excluding carboxylic acids is 3. The molecule has 2 aromatic rings. The van der Waals surface area contributed by atoms with Crippen molar-refractivity contribution in [1.29, 1.82) is 0 Å². The van der Waals surface area contributed by atoms with Crippen LogP contribution in [0.3, 0.4) is 0 Å². The molecule has 0 aliphatic heterocycles. The van der Waals surface area contributed by atoms with Crippen LogP contribution in [0, 0.1) is 5.92 Å². The minimum absolute atomic E-state index is 0.0796. The molecule has 0 radical (unpaired) electrons. The molecule has 0 saturated heterocycles. The van der Waals surface area contributed by atoms with Gasteiger partial charge in [0.05, 0.1) is 14.2 Å². The number of ketones is 1. The van der Waals surface area contributed by atoms with E-state index in [-0.39, 0.29) is 18.0 Å². The van der Waals surface area contributed by atoms with Crippen molar-refractivity contribution < 1.29 is 23.9 Å². The van der Waals surface area contributed by atoms with E-state index in [0.717, 1.165) is 0 Å². The van der Waals surface area contributed by atoms with E-state index in [1.54, 1.807) is 42.1 Å². The fraction of sp³-hybridized carbons (Fsp3) is 0.333. The highest BCUT2D eigenvalue weighted by Gasteiger charge is 2.39. The molecule has 25 heavy (non-hydrogen) atoms. The summed E-state index contributed by atoms with van der Waals surface area (Å²) < 4.78 is 11.1. The number of aromatic nitrogens is 2. The van der Waals surface area contributed by atoms with Crippen LogP contribution in [0.1, 0.15) is 28.5 Å². The van der Waals surface area contributed by atoms with E-state index < -0.39 is 23.8 Å². The largest absolute Gasteiger partial charge is 0.468 e. The highest BCUT2D eigenvalue weighted by Crippen LogP contribution is 2.31. The smallest absolute Gasteiger partial charge is 0.320 e. The van der Waals surface area contributed by atoms with Crippen molar-refractivity contribution in [2.24, 2.45) is 13.0 Å². The van der Waals surface area contributed by atoms with E-state index in [1.807, 2.05) is 6.07 Å². The van der Waals surface area contributed by atoms with Gasteiger partial charge in [-0.3, -0.25) is 14.4 Å². The second kappa shape index (κ2) is 8.23. The average molecular weight is 344 g/mol. The molecule has 1 aromatic heterocycles. The monoisotopic (exact) mass is 344 g/mol. The quantitative estimate of drug-likeness (QED) is 0.432. The summed E-state index contributed by atoms with van der Waals surface area (Å²) in [6.07, 6.45) is 3.09. The maximum Gasteiger partial charge on any atom is 0.320 e. The van der Waals surface area contributed by atoms with Gasteiger partial charge >= 0.3 is 11.9 Å². The Kier molecular flexibility index (Phi) is 6.05. The second-order valence-corrected chi connectivity index (χ2v) is 5.53. The number of imidazole rings is 1. The topological polar surface area (TPSA) is 87.5 Å². The lowest BCUT2D eigenvalue weighted by Gasteiger charge is -2.23. The normalized spacial score (nSPS) is 11.8. The van der Waals surface area contributed by atoms with Crippen LogP contribution in [-0.2, 0) is 26.1 Å². The van der Waals surface area contributed by atoms with Crippen molar-refractivity contribution in [3.8, 4) is 0 Å². The van der Waals surface area contributed by atoms with Gasteiger partial charge in [0.25, 0.3) is 0 Å². The Hall–Kier alpha value is -2.96. The van der Waals surface area contributed by atoms with Crippen LogP contribution in [0.4, 0.5) is 0 Å². The lowest BCUT2D eigenvalue weighted by molar-refractivity contribution is -0.159. The fourth-order valence-electron chi connectivity index (χ4n) is 2.73. The van der Waals surface area contributed by atoms with Gasteiger partial charge in [-0.05, 0) is 5.56 Å². The van der Waals surface area contributed by atoms with E-state index in [4.69, 9.17) is 9.47 Å². The third kappa shape index (κ3) is 4.12. The van der Waals surface area contributed by atoms with Gasteiger partial charge in [0, 0.05) is 31.8 Å². The summed E-state index contributed by atoms with van der Waals surface area (Å²) >= 11 is 0. The standard InChI is InChI=1S/C18H20N2O5/c1-20-10-9-19-16(20)14(21)11-13(12-7-5-4-6-8-12)15(17(22)24-2)18(23)25-3/h4-10,13,15H,11H2,1-3H3. The van der Waals surface area contributed by atoms with Gasteiger partial charge in [-0.1, -0.05) is 30.3 Å². The molecule has 0 aliphatic carbocycles. The van der Waals surface area contributed by atoms with Crippen molar-refractivity contribution >= 4 is 17.7 Å². The van der Waals surface area contributed by atoms with Crippen molar-refractivity contribution in [3.63, 3.8) is 0 Å². The number of methoxy groups -OCH3 is 2. The first-order valence-electron chi connectivity index (χ1n) is 7.70. The first-order valence-corrected chi connectivity index (χ1v) is 7.70. The molecule has 1 aromatic carbocycles. The number of nitrogens with zero attached hydrogens (tertiary/aromatic N) is 2. The Labute approximate surface area is 145 Å². The molecule has 0 spiro atoms. The number of Topliss-reactive ketones (excluding diaryl/α,β-unsaturated/α-hetero) is 1. The number of esters is 2. The predicted molar refractivity (Wildman–Crippen MR) is 88.9 cm³/mol. The molecule has 1 unspecified atom stereocenters. The summed E-state index contributed by atoms with van der Waals surface area (Å²) in [4.78, 5) is 41.1. The van der Waals surface area contributed by atoms with Crippen LogP contribution < -0.4 is 0 Å². The number of rotatable bonds is 7. The Bertz CT molecular complexity index is 738. The van der Waals surface area contributed by atoms with E-state index in [9.17, 15) is 14.4 Å². The van der Waals surface area contributed by atoms with E-state index in [0.29, 0.717) is 5.56 Å². The molecule has 1 heterocycles. The van der Waals surface area contributed by atoms with Gasteiger partial charge in [-0.2, -0.15) is 0 Å². The third-order valence-electron chi connectivity index (χ3n) is 4.02. The summed E-state index contributed by atoms with van der Waals surface area (Å²) in [6, 6.07) is 8.88. The van der Waals surface area contributed by atoms with Crippen LogP contribution >= 0.6 is 0 Å². The SMILES string of the molecule is COC(=O)C(C(=O)OC)C(CC(=O)c1nccn1C)c1ccccc1. The van der Waals surface area contributed by atoms with E-state index in [2.05, 4.69) is 4.98 Å². The van der Waals surface area contributed by atoms with Gasteiger partial charge in [0.15, 0.2) is 17.5 Å². The van der Waals surface area contributed by atoms with E-state index in [1.165, 1.54) is 20.4 Å². The van der Waals surface area contributed by atoms with Crippen LogP contribution in [0.2, 0.25) is 0 Å². The van der Waals surface area contributed by atoms with E-state index >= 15 is 0 Å². The molecule has 0 fully saturated rings. The number of carbonyl (C=O) groups is 3. The molecule has 0 saturated carbocycles. The average Bonchev–Trinajstić information content (AvgIpc) is 3.07. The summed E-state index contributed by atoms with van der Waals surface area (Å²) in [5.74, 6) is -3.46. The number of hydrogen-bond donors (Lipinski definition) is 0. The van der Waals surface area contributed by atoms with Crippen molar-refractivity contribution in [2.45, 2.75) is 12.3 Å². The summed E-state index contributed by atoms with van der Waals surface area (Å²) in [5, 5.41) is 0. The molecular formula is C18H20N2O5. The van der Waals surface area contributed by atoms with Gasteiger partial charge in [0.1, 0.15) is 0 Å². The predicted octanol–water partition coefficient (Wildman–Crippen LogP) is 1.74. The maximum absolute atomic E-state index is 12.6.